The summed E-state index contributed by atoms with van der Waals surface area (Å²) < 4.78 is 29.1. The van der Waals surface area contributed by atoms with E-state index in [1.165, 1.54) is 30.3 Å². The average molecular weight is 408 g/mol. The Morgan fingerprint density at radius 3 is 2.43 bits per heavy atom. The SMILES string of the molecule is CCOC(=O)c1ccc(NC(=O)NNS(=O)(=O)c2cccc([N+](=O)[O-])c2)cc1. The number of rotatable bonds is 7. The van der Waals surface area contributed by atoms with Gasteiger partial charge in [0.2, 0.25) is 0 Å². The Hall–Kier alpha value is -3.51. The molecule has 2 rings (SSSR count). The first-order valence-corrected chi connectivity index (χ1v) is 9.31. The smallest absolute Gasteiger partial charge is 0.338 e. The average Bonchev–Trinajstić information content (AvgIpc) is 2.67. The minimum Gasteiger partial charge on any atom is -0.462 e. The van der Waals surface area contributed by atoms with E-state index in [1.807, 2.05) is 10.3 Å². The van der Waals surface area contributed by atoms with E-state index in [9.17, 15) is 28.1 Å². The number of hydrazine groups is 1. The molecule has 0 heterocycles. The van der Waals surface area contributed by atoms with E-state index in [4.69, 9.17) is 4.74 Å². The molecule has 0 saturated carbocycles. The highest BCUT2D eigenvalue weighted by atomic mass is 32.2. The minimum absolute atomic E-state index is 0.228. The fourth-order valence-corrected chi connectivity index (χ4v) is 2.88. The number of nitrogens with zero attached hydrogens (tertiary/aromatic N) is 1. The quantitative estimate of drug-likeness (QED) is 0.358. The molecule has 3 N–H and O–H groups in total. The van der Waals surface area contributed by atoms with E-state index in [2.05, 4.69) is 5.32 Å². The second-order valence-corrected chi connectivity index (χ2v) is 6.92. The van der Waals surface area contributed by atoms with Gasteiger partial charge in [-0.15, -0.1) is 4.83 Å². The Labute approximate surface area is 159 Å². The van der Waals surface area contributed by atoms with Crippen molar-refractivity contribution in [1.82, 2.24) is 10.3 Å². The Morgan fingerprint density at radius 2 is 1.82 bits per heavy atom. The second kappa shape index (κ2) is 8.92. The molecule has 0 saturated heterocycles. The lowest BCUT2D eigenvalue weighted by Gasteiger charge is -2.10. The molecular weight excluding hydrogens is 392 g/mol. The number of non-ortho nitro benzene ring substituents is 1. The number of benzene rings is 2. The number of nitro groups is 1. The number of nitrogens with one attached hydrogen (secondary N) is 3. The lowest BCUT2D eigenvalue weighted by molar-refractivity contribution is -0.385. The van der Waals surface area contributed by atoms with Crippen LogP contribution in [0, 0.1) is 10.1 Å². The van der Waals surface area contributed by atoms with Gasteiger partial charge in [0.25, 0.3) is 15.7 Å². The van der Waals surface area contributed by atoms with Gasteiger partial charge in [-0.3, -0.25) is 15.5 Å². The molecule has 0 aliphatic rings. The number of ether oxygens (including phenoxy) is 1. The monoisotopic (exact) mass is 408 g/mol. The predicted octanol–water partition coefficient (Wildman–Crippen LogP) is 1.79. The zero-order chi connectivity index (χ0) is 20.7. The minimum atomic E-state index is -4.22. The van der Waals surface area contributed by atoms with E-state index < -0.39 is 32.6 Å². The third kappa shape index (κ3) is 5.49. The molecule has 148 valence electrons. The van der Waals surface area contributed by atoms with Gasteiger partial charge in [-0.2, -0.15) is 0 Å². The summed E-state index contributed by atoms with van der Waals surface area (Å²) >= 11 is 0. The van der Waals surface area contributed by atoms with Crippen molar-refractivity contribution in [2.75, 3.05) is 11.9 Å². The van der Waals surface area contributed by atoms with Crippen LogP contribution in [0.2, 0.25) is 0 Å². The first-order valence-electron chi connectivity index (χ1n) is 7.83. The number of urea groups is 1. The predicted molar refractivity (Wildman–Crippen MR) is 98.0 cm³/mol. The lowest BCUT2D eigenvalue weighted by atomic mass is 10.2. The fraction of sp³-hybridized carbons (Fsp3) is 0.125. The van der Waals surface area contributed by atoms with Crippen LogP contribution in [0.3, 0.4) is 0 Å². The molecule has 2 aromatic carbocycles. The first kappa shape index (κ1) is 20.8. The molecule has 0 spiro atoms. The van der Waals surface area contributed by atoms with Crippen LogP contribution < -0.4 is 15.6 Å². The molecule has 11 nitrogen and oxygen atoms in total. The van der Waals surface area contributed by atoms with Gasteiger partial charge in [0.1, 0.15) is 0 Å². The number of sulfonamides is 1. The third-order valence-electron chi connectivity index (χ3n) is 3.29. The molecule has 2 aromatic rings. The summed E-state index contributed by atoms with van der Waals surface area (Å²) in [7, 11) is -4.22. The van der Waals surface area contributed by atoms with Crippen LogP contribution in [0.1, 0.15) is 17.3 Å². The van der Waals surface area contributed by atoms with Gasteiger partial charge < -0.3 is 10.1 Å². The van der Waals surface area contributed by atoms with Crippen molar-refractivity contribution < 1.29 is 27.7 Å². The second-order valence-electron chi connectivity index (χ2n) is 5.24. The molecule has 0 bridgehead atoms. The van der Waals surface area contributed by atoms with Gasteiger partial charge in [-0.25, -0.2) is 18.0 Å². The van der Waals surface area contributed by atoms with Gasteiger partial charge in [-0.1, -0.05) is 6.07 Å². The number of carbonyl (C=O) groups excluding carboxylic acids is 2. The Balaban J connectivity index is 1.97. The standard InChI is InChI=1S/C16H16N4O7S/c1-2-27-15(21)11-6-8-12(9-7-11)17-16(22)18-19-28(25,26)14-5-3-4-13(10-14)20(23)24/h3-10,19H,2H2,1H3,(H2,17,18,22). The van der Waals surface area contributed by atoms with Crippen molar-refractivity contribution in [3.8, 4) is 0 Å². The van der Waals surface area contributed by atoms with E-state index >= 15 is 0 Å². The van der Waals surface area contributed by atoms with Crippen LogP contribution in [-0.2, 0) is 14.8 Å². The van der Waals surface area contributed by atoms with Crippen molar-refractivity contribution >= 4 is 33.4 Å². The van der Waals surface area contributed by atoms with Crippen LogP contribution in [-0.4, -0.2) is 31.9 Å². The number of amides is 2. The zero-order valence-corrected chi connectivity index (χ0v) is 15.4. The Kier molecular flexibility index (Phi) is 6.63. The van der Waals surface area contributed by atoms with Crippen LogP contribution in [0.5, 0.6) is 0 Å². The molecule has 0 unspecified atom stereocenters. The number of nitro benzene ring substituents is 1. The topological polar surface area (TPSA) is 157 Å². The number of hydrogen-bond acceptors (Lipinski definition) is 7. The van der Waals surface area contributed by atoms with E-state index in [-0.39, 0.29) is 11.5 Å². The molecule has 28 heavy (non-hydrogen) atoms. The zero-order valence-electron chi connectivity index (χ0n) is 14.5. The third-order valence-corrected chi connectivity index (χ3v) is 4.54. The normalized spacial score (nSPS) is 10.8. The van der Waals surface area contributed by atoms with Crippen molar-refractivity contribution in [2.45, 2.75) is 11.8 Å². The van der Waals surface area contributed by atoms with E-state index in [0.29, 0.717) is 11.3 Å². The summed E-state index contributed by atoms with van der Waals surface area (Å²) in [5, 5.41) is 13.1. The molecule has 0 aliphatic carbocycles. The molecule has 0 atom stereocenters. The number of esters is 1. The van der Waals surface area contributed by atoms with Crippen molar-refractivity contribution in [3.63, 3.8) is 0 Å². The summed E-state index contributed by atoms with van der Waals surface area (Å²) in [6.07, 6.45) is 0. The molecule has 0 radical (unpaired) electrons. The number of anilines is 1. The maximum Gasteiger partial charge on any atom is 0.338 e. The summed E-state index contributed by atoms with van der Waals surface area (Å²) in [5.41, 5.74) is 2.10. The largest absolute Gasteiger partial charge is 0.462 e. The maximum absolute atomic E-state index is 12.1. The van der Waals surface area contributed by atoms with Crippen LogP contribution in [0.15, 0.2) is 53.4 Å². The molecule has 0 aliphatic heterocycles. The Bertz CT molecular complexity index is 990. The molecule has 12 heteroatoms. The molecule has 0 aromatic heterocycles. The van der Waals surface area contributed by atoms with Crippen molar-refractivity contribution in [3.05, 3.63) is 64.2 Å². The van der Waals surface area contributed by atoms with Gasteiger partial charge in [0.05, 0.1) is 22.0 Å². The van der Waals surface area contributed by atoms with Gasteiger partial charge in [0.15, 0.2) is 0 Å². The summed E-state index contributed by atoms with van der Waals surface area (Å²) in [4.78, 5) is 34.8. The first-order chi connectivity index (χ1) is 13.2. The van der Waals surface area contributed by atoms with E-state index in [1.54, 1.807) is 6.92 Å². The summed E-state index contributed by atoms with van der Waals surface area (Å²) in [6.45, 7) is 1.90. The number of carbonyl (C=O) groups is 2. The fourth-order valence-electron chi connectivity index (χ4n) is 2.00. The van der Waals surface area contributed by atoms with Gasteiger partial charge in [0, 0.05) is 17.8 Å². The van der Waals surface area contributed by atoms with Gasteiger partial charge in [-0.05, 0) is 37.3 Å². The molecular formula is C16H16N4O7S. The summed E-state index contributed by atoms with van der Waals surface area (Å²) in [5.74, 6) is -0.511. The summed E-state index contributed by atoms with van der Waals surface area (Å²) in [6, 6.07) is 9.16. The maximum atomic E-state index is 12.1. The highest BCUT2D eigenvalue weighted by molar-refractivity contribution is 7.89. The van der Waals surface area contributed by atoms with E-state index in [0.717, 1.165) is 18.2 Å². The van der Waals surface area contributed by atoms with Crippen LogP contribution in [0.4, 0.5) is 16.2 Å². The Morgan fingerprint density at radius 1 is 1.14 bits per heavy atom. The van der Waals surface area contributed by atoms with Crippen LogP contribution in [0.25, 0.3) is 0 Å². The lowest BCUT2D eigenvalue weighted by Crippen LogP contribution is -2.43. The number of hydrogen-bond donors (Lipinski definition) is 3. The van der Waals surface area contributed by atoms with Crippen molar-refractivity contribution in [2.24, 2.45) is 0 Å². The molecule has 2 amide bonds. The molecule has 0 fully saturated rings. The van der Waals surface area contributed by atoms with Crippen LogP contribution >= 0.6 is 0 Å². The highest BCUT2D eigenvalue weighted by Crippen LogP contribution is 2.16. The van der Waals surface area contributed by atoms with Gasteiger partial charge >= 0.3 is 12.0 Å². The highest BCUT2D eigenvalue weighted by Gasteiger charge is 2.18. The van der Waals surface area contributed by atoms with Crippen molar-refractivity contribution in [1.29, 1.82) is 0 Å².